The molecule has 1 amide bonds. The van der Waals surface area contributed by atoms with Gasteiger partial charge in [-0.05, 0) is 60.4 Å². The highest BCUT2D eigenvalue weighted by Crippen LogP contribution is 2.36. The maximum absolute atomic E-state index is 11.6. The Labute approximate surface area is 201 Å². The number of aromatic nitrogens is 5. The van der Waals surface area contributed by atoms with Crippen molar-refractivity contribution in [3.63, 3.8) is 0 Å². The Balaban J connectivity index is 1.54. The van der Waals surface area contributed by atoms with Crippen molar-refractivity contribution in [2.45, 2.75) is 25.8 Å². The number of nitrogens with zero attached hydrogens (tertiary/aromatic N) is 5. The summed E-state index contributed by atoms with van der Waals surface area (Å²) in [6.07, 6.45) is 8.85. The van der Waals surface area contributed by atoms with Crippen LogP contribution in [0.5, 0.6) is 0 Å². The largest absolute Gasteiger partial charge is 0.383 e. The van der Waals surface area contributed by atoms with Gasteiger partial charge in [0.25, 0.3) is 0 Å². The zero-order chi connectivity index (χ0) is 23.9. The Morgan fingerprint density at radius 3 is 2.74 bits per heavy atom. The Bertz CT molecular complexity index is 1580. The molecule has 8 heteroatoms. The summed E-state index contributed by atoms with van der Waals surface area (Å²) in [6.45, 7) is 1.56. The molecule has 0 spiro atoms. The molecule has 0 radical (unpaired) electrons. The number of pyridine rings is 3. The van der Waals surface area contributed by atoms with E-state index in [4.69, 9.17) is 15.7 Å². The van der Waals surface area contributed by atoms with Crippen LogP contribution in [0.15, 0.2) is 73.3 Å². The van der Waals surface area contributed by atoms with Crippen LogP contribution in [0, 0.1) is 0 Å². The fourth-order valence-corrected chi connectivity index (χ4v) is 4.83. The molecule has 1 aliphatic carbocycles. The molecule has 1 atom stereocenters. The van der Waals surface area contributed by atoms with E-state index in [2.05, 4.69) is 27.4 Å². The Hall–Kier alpha value is -4.59. The summed E-state index contributed by atoms with van der Waals surface area (Å²) >= 11 is 0. The summed E-state index contributed by atoms with van der Waals surface area (Å²) in [6, 6.07) is 16.0. The molecule has 6 rings (SSSR count). The van der Waals surface area contributed by atoms with E-state index in [0.29, 0.717) is 11.6 Å². The third-order valence-electron chi connectivity index (χ3n) is 6.41. The fourth-order valence-electron chi connectivity index (χ4n) is 4.83. The average Bonchev–Trinajstić information content (AvgIpc) is 3.45. The van der Waals surface area contributed by atoms with Crippen LogP contribution in [0.4, 0.5) is 5.82 Å². The van der Waals surface area contributed by atoms with Crippen molar-refractivity contribution in [3.8, 4) is 28.2 Å². The lowest BCUT2D eigenvalue weighted by Crippen LogP contribution is -2.24. The van der Waals surface area contributed by atoms with E-state index < -0.39 is 0 Å². The second kappa shape index (κ2) is 8.32. The molecular formula is C27H23N7O. The Morgan fingerprint density at radius 1 is 1.06 bits per heavy atom. The first-order valence-electron chi connectivity index (χ1n) is 11.5. The zero-order valence-corrected chi connectivity index (χ0v) is 19.1. The van der Waals surface area contributed by atoms with Gasteiger partial charge < -0.3 is 11.1 Å². The highest BCUT2D eigenvalue weighted by molar-refractivity contribution is 5.85. The van der Waals surface area contributed by atoms with Gasteiger partial charge in [-0.15, -0.1) is 0 Å². The molecule has 1 aliphatic rings. The van der Waals surface area contributed by atoms with Gasteiger partial charge in [0.05, 0.1) is 11.6 Å². The van der Waals surface area contributed by atoms with E-state index in [-0.39, 0.29) is 11.9 Å². The number of rotatable bonds is 4. The van der Waals surface area contributed by atoms with Crippen LogP contribution < -0.4 is 11.1 Å². The first kappa shape index (κ1) is 21.0. The van der Waals surface area contributed by atoms with Gasteiger partial charge in [-0.2, -0.15) is 0 Å². The monoisotopic (exact) mass is 461 g/mol. The number of hydrogen-bond acceptors (Lipinski definition) is 6. The third-order valence-corrected chi connectivity index (χ3v) is 6.41. The van der Waals surface area contributed by atoms with E-state index in [1.165, 1.54) is 5.56 Å². The minimum Gasteiger partial charge on any atom is -0.383 e. The van der Waals surface area contributed by atoms with Crippen LogP contribution in [-0.4, -0.2) is 30.4 Å². The molecular weight excluding hydrogens is 438 g/mol. The van der Waals surface area contributed by atoms with Crippen LogP contribution in [0.2, 0.25) is 0 Å². The molecule has 172 valence electrons. The van der Waals surface area contributed by atoms with Gasteiger partial charge in [0.1, 0.15) is 11.3 Å². The van der Waals surface area contributed by atoms with Crippen LogP contribution in [0.3, 0.4) is 0 Å². The number of benzene rings is 1. The number of fused-ring (bicyclic) bond motifs is 2. The molecule has 1 aromatic carbocycles. The SMILES string of the molecule is CC(=O)N[C@H]1CCc2cc(-n3c(-c4cccnc4N)nc4cc(-c5cccnc5)cnc43)ccc21. The number of carbonyl (C=O) groups is 1. The molecule has 0 aliphatic heterocycles. The molecule has 0 saturated heterocycles. The lowest BCUT2D eigenvalue weighted by molar-refractivity contribution is -0.119. The predicted octanol–water partition coefficient (Wildman–Crippen LogP) is 4.25. The number of nitrogens with one attached hydrogen (secondary N) is 1. The van der Waals surface area contributed by atoms with Crippen molar-refractivity contribution in [2.75, 3.05) is 5.73 Å². The molecule has 8 nitrogen and oxygen atoms in total. The summed E-state index contributed by atoms with van der Waals surface area (Å²) in [7, 11) is 0. The van der Waals surface area contributed by atoms with Gasteiger partial charge in [0, 0.05) is 48.5 Å². The van der Waals surface area contributed by atoms with Crippen molar-refractivity contribution in [2.24, 2.45) is 0 Å². The van der Waals surface area contributed by atoms with Crippen LogP contribution in [0.25, 0.3) is 39.4 Å². The molecule has 0 unspecified atom stereocenters. The summed E-state index contributed by atoms with van der Waals surface area (Å²) in [5, 5.41) is 3.05. The van der Waals surface area contributed by atoms with Crippen molar-refractivity contribution in [1.82, 2.24) is 29.8 Å². The fraction of sp³-hybridized carbons (Fsp3) is 0.148. The van der Waals surface area contributed by atoms with Gasteiger partial charge in [0.2, 0.25) is 5.91 Å². The van der Waals surface area contributed by atoms with Crippen LogP contribution in [-0.2, 0) is 11.2 Å². The second-order valence-electron chi connectivity index (χ2n) is 8.69. The topological polar surface area (TPSA) is 112 Å². The lowest BCUT2D eigenvalue weighted by Gasteiger charge is -2.14. The highest BCUT2D eigenvalue weighted by Gasteiger charge is 2.25. The smallest absolute Gasteiger partial charge is 0.217 e. The van der Waals surface area contributed by atoms with E-state index >= 15 is 0 Å². The maximum atomic E-state index is 11.6. The third kappa shape index (κ3) is 3.69. The lowest BCUT2D eigenvalue weighted by atomic mass is 10.1. The summed E-state index contributed by atoms with van der Waals surface area (Å²) in [5.41, 5.74) is 13.7. The van der Waals surface area contributed by atoms with E-state index in [9.17, 15) is 4.79 Å². The van der Waals surface area contributed by atoms with Crippen molar-refractivity contribution < 1.29 is 4.79 Å². The van der Waals surface area contributed by atoms with Gasteiger partial charge in [0.15, 0.2) is 11.5 Å². The standard InChI is InChI=1S/C27H23N7O/c1-16(35)32-23-9-6-17-12-20(7-8-21(17)23)34-26(22-5-3-11-30-25(22)28)33-24-13-19(15-31-27(24)34)18-4-2-10-29-14-18/h2-5,7-8,10-15,23H,6,9H2,1H3,(H2,28,30)(H,32,35)/t23-/m0/s1. The number of hydrogen-bond donors (Lipinski definition) is 2. The maximum Gasteiger partial charge on any atom is 0.217 e. The molecule has 5 aromatic rings. The number of nitrogens with two attached hydrogens (primary N) is 1. The van der Waals surface area contributed by atoms with Gasteiger partial charge in [-0.25, -0.2) is 15.0 Å². The minimum absolute atomic E-state index is 0.0181. The van der Waals surface area contributed by atoms with Crippen LogP contribution >= 0.6 is 0 Å². The van der Waals surface area contributed by atoms with E-state index in [0.717, 1.165) is 51.9 Å². The highest BCUT2D eigenvalue weighted by atomic mass is 16.1. The van der Waals surface area contributed by atoms with Crippen LogP contribution in [0.1, 0.15) is 30.5 Å². The number of amides is 1. The number of carbonyl (C=O) groups excluding carboxylic acids is 1. The Kier molecular flexibility index (Phi) is 4.99. The molecule has 35 heavy (non-hydrogen) atoms. The quantitative estimate of drug-likeness (QED) is 0.414. The van der Waals surface area contributed by atoms with Gasteiger partial charge in [-0.3, -0.25) is 14.3 Å². The molecule has 0 saturated carbocycles. The first-order valence-corrected chi connectivity index (χ1v) is 11.5. The first-order chi connectivity index (χ1) is 17.1. The Morgan fingerprint density at radius 2 is 1.94 bits per heavy atom. The molecule has 3 N–H and O–H groups in total. The molecule has 0 bridgehead atoms. The van der Waals surface area contributed by atoms with Crippen molar-refractivity contribution in [1.29, 1.82) is 0 Å². The molecule has 0 fully saturated rings. The normalized spacial score (nSPS) is 14.7. The second-order valence-corrected chi connectivity index (χ2v) is 8.69. The summed E-state index contributed by atoms with van der Waals surface area (Å²) < 4.78 is 2.03. The van der Waals surface area contributed by atoms with E-state index in [1.54, 1.807) is 19.3 Å². The number of imidazole rings is 1. The summed E-state index contributed by atoms with van der Waals surface area (Å²) in [4.78, 5) is 29.9. The molecule has 4 heterocycles. The number of aryl methyl sites for hydroxylation is 1. The van der Waals surface area contributed by atoms with Gasteiger partial charge in [-0.1, -0.05) is 12.1 Å². The predicted molar refractivity (Wildman–Crippen MR) is 135 cm³/mol. The zero-order valence-electron chi connectivity index (χ0n) is 19.1. The van der Waals surface area contributed by atoms with Crippen molar-refractivity contribution >= 4 is 22.9 Å². The minimum atomic E-state index is -0.0181. The number of nitrogen functional groups attached to an aromatic ring is 1. The van der Waals surface area contributed by atoms with Gasteiger partial charge >= 0.3 is 0 Å². The van der Waals surface area contributed by atoms with Crippen molar-refractivity contribution in [3.05, 3.63) is 84.4 Å². The molecule has 4 aromatic heterocycles. The van der Waals surface area contributed by atoms with E-state index in [1.807, 2.05) is 53.4 Å². The average molecular weight is 462 g/mol. The summed E-state index contributed by atoms with van der Waals surface area (Å²) in [5.74, 6) is 1.07. The number of anilines is 1.